The van der Waals surface area contributed by atoms with E-state index in [2.05, 4.69) is 34.9 Å². The first-order valence-electron chi connectivity index (χ1n) is 11.6. The number of benzene rings is 2. The molecule has 1 aliphatic heterocycles. The summed E-state index contributed by atoms with van der Waals surface area (Å²) in [5.74, 6) is -1.55. The highest BCUT2D eigenvalue weighted by Crippen LogP contribution is 2.44. The number of amides is 2. The second-order valence-electron chi connectivity index (χ2n) is 8.94. The van der Waals surface area contributed by atoms with Gasteiger partial charge in [-0.25, -0.2) is 4.79 Å². The van der Waals surface area contributed by atoms with Crippen molar-refractivity contribution >= 4 is 18.0 Å². The Labute approximate surface area is 198 Å². The van der Waals surface area contributed by atoms with Gasteiger partial charge in [-0.1, -0.05) is 48.5 Å². The summed E-state index contributed by atoms with van der Waals surface area (Å²) < 4.78 is 10.9. The van der Waals surface area contributed by atoms with E-state index < -0.39 is 18.0 Å². The number of carboxylic acid groups (broad SMARTS) is 1. The normalized spacial score (nSPS) is 19.7. The second kappa shape index (κ2) is 10.7. The van der Waals surface area contributed by atoms with Crippen LogP contribution in [0.25, 0.3) is 11.1 Å². The summed E-state index contributed by atoms with van der Waals surface area (Å²) in [5, 5.41) is 14.6. The van der Waals surface area contributed by atoms with E-state index in [4.69, 9.17) is 14.6 Å². The number of ether oxygens (including phenoxy) is 2. The average Bonchev–Trinajstić information content (AvgIpc) is 3.43. The summed E-state index contributed by atoms with van der Waals surface area (Å²) in [6, 6.07) is 16.1. The van der Waals surface area contributed by atoms with E-state index in [1.165, 1.54) is 11.1 Å². The van der Waals surface area contributed by atoms with Gasteiger partial charge < -0.3 is 25.2 Å². The molecule has 3 N–H and O–H groups in total. The van der Waals surface area contributed by atoms with Gasteiger partial charge in [-0.05, 0) is 42.0 Å². The summed E-state index contributed by atoms with van der Waals surface area (Å²) >= 11 is 0. The van der Waals surface area contributed by atoms with E-state index >= 15 is 0 Å². The van der Waals surface area contributed by atoms with Crippen molar-refractivity contribution in [2.75, 3.05) is 19.8 Å². The molecule has 34 heavy (non-hydrogen) atoms. The fourth-order valence-electron chi connectivity index (χ4n) is 4.60. The van der Waals surface area contributed by atoms with E-state index in [0.29, 0.717) is 12.8 Å². The maximum Gasteiger partial charge on any atom is 0.407 e. The summed E-state index contributed by atoms with van der Waals surface area (Å²) in [6.07, 6.45) is 0.310. The molecule has 1 fully saturated rings. The van der Waals surface area contributed by atoms with E-state index in [0.717, 1.165) is 11.1 Å². The number of rotatable bonds is 9. The maximum absolute atomic E-state index is 12.4. The third-order valence-electron chi connectivity index (χ3n) is 6.47. The second-order valence-corrected chi connectivity index (χ2v) is 8.94. The topological polar surface area (TPSA) is 114 Å². The smallest absolute Gasteiger partial charge is 0.407 e. The van der Waals surface area contributed by atoms with Gasteiger partial charge in [0.25, 0.3) is 0 Å². The molecule has 2 aromatic rings. The van der Waals surface area contributed by atoms with Crippen LogP contribution in [0.1, 0.15) is 43.2 Å². The quantitative estimate of drug-likeness (QED) is 0.523. The minimum Gasteiger partial charge on any atom is -0.481 e. The molecule has 0 bridgehead atoms. The van der Waals surface area contributed by atoms with Crippen molar-refractivity contribution in [1.29, 1.82) is 0 Å². The fourth-order valence-corrected chi connectivity index (χ4v) is 4.60. The van der Waals surface area contributed by atoms with E-state index in [1.54, 1.807) is 0 Å². The first-order chi connectivity index (χ1) is 16.4. The van der Waals surface area contributed by atoms with E-state index in [9.17, 15) is 14.4 Å². The van der Waals surface area contributed by atoms with Crippen LogP contribution in [0, 0.1) is 5.92 Å². The Bertz CT molecular complexity index is 1010. The van der Waals surface area contributed by atoms with Gasteiger partial charge in [0.15, 0.2) is 0 Å². The molecule has 3 atom stereocenters. The minimum atomic E-state index is -0.873. The molecule has 1 saturated heterocycles. The van der Waals surface area contributed by atoms with Gasteiger partial charge >= 0.3 is 12.1 Å². The number of aliphatic carboxylic acids is 1. The van der Waals surface area contributed by atoms with Crippen molar-refractivity contribution in [3.05, 3.63) is 59.7 Å². The highest BCUT2D eigenvalue weighted by molar-refractivity contribution is 5.79. The molecular weight excluding hydrogens is 436 g/mol. The Kier molecular flexibility index (Phi) is 7.47. The lowest BCUT2D eigenvalue weighted by Crippen LogP contribution is -2.36. The van der Waals surface area contributed by atoms with Crippen LogP contribution >= 0.6 is 0 Å². The number of alkyl carbamates (subject to hydrolysis) is 1. The van der Waals surface area contributed by atoms with Crippen LogP contribution in [0.4, 0.5) is 4.79 Å². The first kappa shape index (κ1) is 23.8. The van der Waals surface area contributed by atoms with Crippen LogP contribution in [0.3, 0.4) is 0 Å². The number of carbonyl (C=O) groups excluding carboxylic acids is 2. The molecule has 0 spiro atoms. The molecule has 2 aromatic carbocycles. The van der Waals surface area contributed by atoms with E-state index in [-0.39, 0.29) is 50.2 Å². The lowest BCUT2D eigenvalue weighted by Gasteiger charge is -2.17. The molecule has 4 rings (SSSR count). The van der Waals surface area contributed by atoms with Crippen LogP contribution in [0.15, 0.2) is 48.5 Å². The molecule has 3 unspecified atom stereocenters. The van der Waals surface area contributed by atoms with Gasteiger partial charge in [0.05, 0.1) is 18.6 Å². The predicted molar refractivity (Wildman–Crippen MR) is 125 cm³/mol. The number of carboxylic acids is 1. The molecule has 2 amide bonds. The van der Waals surface area contributed by atoms with Crippen LogP contribution in [0.5, 0.6) is 0 Å². The van der Waals surface area contributed by atoms with Gasteiger partial charge in [-0.2, -0.15) is 0 Å². The fraction of sp³-hybridized carbons (Fsp3) is 0.423. The zero-order valence-electron chi connectivity index (χ0n) is 19.2. The Balaban J connectivity index is 1.18. The SMILES string of the molecule is CC(CCC(=O)NCC1CC(C(=O)O)CO1)NC(=O)OCC1c2ccccc2-c2ccccc21. The molecule has 8 heteroatoms. The Morgan fingerprint density at radius 3 is 2.35 bits per heavy atom. The molecular formula is C26H30N2O6. The molecule has 1 heterocycles. The van der Waals surface area contributed by atoms with Gasteiger partial charge in [0, 0.05) is 24.9 Å². The molecule has 180 valence electrons. The standard InChI is InChI=1S/C26H30N2O6/c1-16(10-11-24(29)27-13-18-12-17(14-33-18)25(30)31)28-26(32)34-15-23-21-8-4-2-6-19(21)20-7-3-5-9-22(20)23/h2-9,16-18,23H,10-15H2,1H3,(H,27,29)(H,28,32)(H,30,31). The lowest BCUT2D eigenvalue weighted by atomic mass is 9.98. The molecule has 0 saturated carbocycles. The zero-order chi connectivity index (χ0) is 24.1. The third-order valence-corrected chi connectivity index (χ3v) is 6.47. The average molecular weight is 467 g/mol. The monoisotopic (exact) mass is 466 g/mol. The number of carbonyl (C=O) groups is 3. The number of hydrogen-bond acceptors (Lipinski definition) is 5. The van der Waals surface area contributed by atoms with Gasteiger partial charge in [-0.15, -0.1) is 0 Å². The Morgan fingerprint density at radius 2 is 1.74 bits per heavy atom. The zero-order valence-corrected chi connectivity index (χ0v) is 19.2. The van der Waals surface area contributed by atoms with Crippen molar-refractivity contribution in [2.24, 2.45) is 5.92 Å². The molecule has 0 aromatic heterocycles. The number of fused-ring (bicyclic) bond motifs is 3. The van der Waals surface area contributed by atoms with Crippen molar-refractivity contribution in [2.45, 2.75) is 44.2 Å². The van der Waals surface area contributed by atoms with Crippen molar-refractivity contribution in [3.8, 4) is 11.1 Å². The minimum absolute atomic E-state index is 0.00207. The first-order valence-corrected chi connectivity index (χ1v) is 11.6. The summed E-state index contributed by atoms with van der Waals surface area (Å²) in [5.41, 5.74) is 4.66. The van der Waals surface area contributed by atoms with Crippen LogP contribution in [-0.2, 0) is 19.1 Å². The van der Waals surface area contributed by atoms with Crippen molar-refractivity contribution < 1.29 is 29.0 Å². The molecule has 1 aliphatic carbocycles. The van der Waals surface area contributed by atoms with Crippen molar-refractivity contribution in [1.82, 2.24) is 10.6 Å². The largest absolute Gasteiger partial charge is 0.481 e. The van der Waals surface area contributed by atoms with Crippen LogP contribution < -0.4 is 10.6 Å². The molecule has 2 aliphatic rings. The Morgan fingerprint density at radius 1 is 1.09 bits per heavy atom. The number of hydrogen-bond donors (Lipinski definition) is 3. The Hall–Kier alpha value is -3.39. The molecule has 0 radical (unpaired) electrons. The maximum atomic E-state index is 12.4. The summed E-state index contributed by atoms with van der Waals surface area (Å²) in [4.78, 5) is 35.4. The summed E-state index contributed by atoms with van der Waals surface area (Å²) in [6.45, 7) is 2.53. The highest BCUT2D eigenvalue weighted by Gasteiger charge is 2.31. The molecule has 8 nitrogen and oxygen atoms in total. The summed E-state index contributed by atoms with van der Waals surface area (Å²) in [7, 11) is 0. The van der Waals surface area contributed by atoms with E-state index in [1.807, 2.05) is 31.2 Å². The highest BCUT2D eigenvalue weighted by atomic mass is 16.5. The number of nitrogens with one attached hydrogen (secondary N) is 2. The van der Waals surface area contributed by atoms with Crippen molar-refractivity contribution in [3.63, 3.8) is 0 Å². The lowest BCUT2D eigenvalue weighted by molar-refractivity contribution is -0.141. The predicted octanol–water partition coefficient (Wildman–Crippen LogP) is 3.30. The van der Waals surface area contributed by atoms with Gasteiger partial charge in [0.2, 0.25) is 5.91 Å². The third kappa shape index (κ3) is 5.56. The van der Waals surface area contributed by atoms with Crippen LogP contribution in [-0.4, -0.2) is 55.0 Å². The van der Waals surface area contributed by atoms with Crippen LogP contribution in [0.2, 0.25) is 0 Å². The van der Waals surface area contributed by atoms with Gasteiger partial charge in [0.1, 0.15) is 6.61 Å². The van der Waals surface area contributed by atoms with Gasteiger partial charge in [-0.3, -0.25) is 9.59 Å².